The molecule has 0 unspecified atom stereocenters. The molecule has 13 nitrogen and oxygen atoms in total. The van der Waals surface area contributed by atoms with E-state index in [0.717, 1.165) is 114 Å². The molecule has 2 aliphatic carbocycles. The summed E-state index contributed by atoms with van der Waals surface area (Å²) in [4.78, 5) is 56.5. The summed E-state index contributed by atoms with van der Waals surface area (Å²) in [7, 11) is 0. The van der Waals surface area contributed by atoms with Crippen molar-refractivity contribution in [2.24, 2.45) is 11.3 Å². The van der Waals surface area contributed by atoms with Crippen molar-refractivity contribution in [3.05, 3.63) is 121 Å². The summed E-state index contributed by atoms with van der Waals surface area (Å²) in [6.45, 7) is 13.2. The Hall–Kier alpha value is -5.09. The fourth-order valence-electron chi connectivity index (χ4n) is 12.7. The number of fused-ring (bicyclic) bond motifs is 7. The second kappa shape index (κ2) is 18.5. The Morgan fingerprint density at radius 2 is 1.74 bits per heavy atom. The molecular weight excluding hydrogens is 963 g/mol. The van der Waals surface area contributed by atoms with Gasteiger partial charge in [0.1, 0.15) is 17.9 Å². The molecule has 2 saturated heterocycles. The predicted octanol–water partition coefficient (Wildman–Crippen LogP) is 9.53. The highest BCUT2D eigenvalue weighted by atomic mass is 79.9. The van der Waals surface area contributed by atoms with Crippen LogP contribution in [-0.2, 0) is 15.0 Å². The zero-order valence-corrected chi connectivity index (χ0v) is 43.3. The van der Waals surface area contributed by atoms with E-state index < -0.39 is 23.6 Å². The van der Waals surface area contributed by atoms with Gasteiger partial charge in [0.25, 0.3) is 5.56 Å². The Kier molecular flexibility index (Phi) is 12.5. The quantitative estimate of drug-likeness (QED) is 0.137. The summed E-state index contributed by atoms with van der Waals surface area (Å²) < 4.78 is 4.81. The van der Waals surface area contributed by atoms with E-state index in [0.29, 0.717) is 17.2 Å². The normalized spacial score (nSPS) is 23.3. The lowest BCUT2D eigenvalue weighted by Gasteiger charge is -2.40. The van der Waals surface area contributed by atoms with Crippen LogP contribution in [0.5, 0.6) is 0 Å². The molecule has 0 bridgehead atoms. The molecule has 3 aliphatic heterocycles. The summed E-state index contributed by atoms with van der Waals surface area (Å²) in [6.07, 6.45) is 11.2. The molecule has 1 spiro atoms. The van der Waals surface area contributed by atoms with E-state index in [-0.39, 0.29) is 47.7 Å². The number of aliphatic hydroxyl groups is 1. The molecule has 4 fully saturated rings. The molecule has 0 radical (unpaired) electrons. The van der Waals surface area contributed by atoms with Crippen LogP contribution in [0.1, 0.15) is 150 Å². The van der Waals surface area contributed by atoms with Crippen molar-refractivity contribution in [3.8, 4) is 16.1 Å². The minimum Gasteiger partial charge on any atom is -0.391 e. The number of hydrogen-bond acceptors (Lipinski definition) is 10. The summed E-state index contributed by atoms with van der Waals surface area (Å²) in [5.41, 5.74) is 9.75. The van der Waals surface area contributed by atoms with Gasteiger partial charge in [-0.05, 0) is 139 Å². The van der Waals surface area contributed by atoms with Gasteiger partial charge >= 0.3 is 0 Å². The van der Waals surface area contributed by atoms with Crippen molar-refractivity contribution in [2.75, 3.05) is 26.2 Å². The van der Waals surface area contributed by atoms with Crippen molar-refractivity contribution < 1.29 is 14.7 Å². The van der Waals surface area contributed by atoms with Crippen LogP contribution in [0, 0.1) is 18.3 Å². The minimum absolute atomic E-state index is 0.0864. The van der Waals surface area contributed by atoms with Crippen molar-refractivity contribution in [2.45, 2.75) is 140 Å². The number of rotatable bonds is 10. The van der Waals surface area contributed by atoms with Crippen LogP contribution < -0.4 is 10.9 Å². The van der Waals surface area contributed by atoms with Crippen LogP contribution >= 0.6 is 27.3 Å². The predicted molar refractivity (Wildman–Crippen MR) is 276 cm³/mol. The van der Waals surface area contributed by atoms with Crippen LogP contribution in [-0.4, -0.2) is 94.6 Å². The lowest BCUT2D eigenvalue weighted by molar-refractivity contribution is -0.144. The summed E-state index contributed by atoms with van der Waals surface area (Å²) in [5, 5.41) is 23.8. The van der Waals surface area contributed by atoms with Gasteiger partial charge in [0, 0.05) is 36.1 Å². The van der Waals surface area contributed by atoms with Gasteiger partial charge in [-0.2, -0.15) is 4.98 Å². The molecule has 3 aromatic carbocycles. The van der Waals surface area contributed by atoms with Gasteiger partial charge in [-0.25, -0.2) is 9.67 Å². The number of carbonyl (C=O) groups excluding carboxylic acids is 2. The van der Waals surface area contributed by atoms with Gasteiger partial charge < -0.3 is 20.2 Å². The lowest BCUT2D eigenvalue weighted by Crippen LogP contribution is -2.50. The average molecular weight is 1030 g/mol. The number of carbonyl (C=O) groups is 2. The second-order valence-electron chi connectivity index (χ2n) is 22.1. The Balaban J connectivity index is 0.711. The molecule has 2 N–H and O–H groups in total. The summed E-state index contributed by atoms with van der Waals surface area (Å²) in [5.74, 6) is 1.74. The first kappa shape index (κ1) is 47.2. The average Bonchev–Trinajstić information content (AvgIpc) is 4.13. The standard InChI is InChI=1S/C55H64BrN9O4S/c1-32(35-12-14-37(15-13-35)48-33(2)57-31-70-48)58-50(67)46-27-40(66)29-63(46)52(69)49(54(3,4)5)64-30-43(60-61-64)39-24-34(25-39)28-62-22-18-36(19-23-62)38-16-17-41-45(26-38)65-44-11-9-10-42(56)47(44)51(68)59-53(65)55(41)20-7-6-8-21-55/h9-17,26,30-32,34,36,39-40,46,49,66H,6-8,18-25,27-29H2,1-5H3,(H,58,67)/t32-,34?,39?,40+,46-,49+/m0/s1. The van der Waals surface area contributed by atoms with Crippen LogP contribution in [0.3, 0.4) is 0 Å². The molecule has 366 valence electrons. The molecule has 15 heteroatoms. The smallest absolute Gasteiger partial charge is 0.281 e. The minimum atomic E-state index is -0.802. The first-order chi connectivity index (χ1) is 33.7. The second-order valence-corrected chi connectivity index (χ2v) is 23.9. The molecule has 5 aliphatic rings. The van der Waals surface area contributed by atoms with E-state index in [2.05, 4.69) is 70.3 Å². The molecule has 70 heavy (non-hydrogen) atoms. The van der Waals surface area contributed by atoms with Crippen molar-refractivity contribution in [3.63, 3.8) is 0 Å². The lowest BCUT2D eigenvalue weighted by atomic mass is 9.69. The van der Waals surface area contributed by atoms with Crippen LogP contribution in [0.4, 0.5) is 0 Å². The molecule has 6 aromatic rings. The zero-order chi connectivity index (χ0) is 48.6. The summed E-state index contributed by atoms with van der Waals surface area (Å²) >= 11 is 5.27. The highest BCUT2D eigenvalue weighted by molar-refractivity contribution is 9.10. The van der Waals surface area contributed by atoms with E-state index in [4.69, 9.17) is 4.98 Å². The fourth-order valence-corrected chi connectivity index (χ4v) is 14.1. The largest absolute Gasteiger partial charge is 0.391 e. The molecule has 2 amide bonds. The Morgan fingerprint density at radius 1 is 0.986 bits per heavy atom. The molecular formula is C55H64BrN9O4S. The number of aromatic nitrogens is 6. The number of halogens is 1. The molecule has 3 aromatic heterocycles. The maximum atomic E-state index is 14.6. The van der Waals surface area contributed by atoms with Gasteiger partial charge in [-0.1, -0.05) is 87.7 Å². The van der Waals surface area contributed by atoms with E-state index in [1.807, 2.05) is 82.7 Å². The van der Waals surface area contributed by atoms with Gasteiger partial charge in [-0.15, -0.1) is 16.4 Å². The van der Waals surface area contributed by atoms with Crippen molar-refractivity contribution in [1.82, 2.24) is 44.6 Å². The third-order valence-corrected chi connectivity index (χ3v) is 18.1. The number of β-amino-alcohol motifs (C(OH)–C–C–N with tert-alkyl or cyclic N) is 1. The third-order valence-electron chi connectivity index (χ3n) is 16.5. The SMILES string of the molecule is Cc1ncsc1-c1ccc([C@H](C)NC(=O)[C@@H]2C[C@@H](O)CN2C(=O)[C@@H](n2cc(C3CC(CN4CCC(c5ccc6c(c5)-n5c(nc(=O)c7c(Br)cccc75)C65CCCCC5)CC4)C3)nn2)C(C)(C)C)cc1. The Bertz CT molecular complexity index is 3010. The van der Waals surface area contributed by atoms with Crippen LogP contribution in [0.25, 0.3) is 27.0 Å². The van der Waals surface area contributed by atoms with Crippen LogP contribution in [0.15, 0.2) is 81.6 Å². The number of likely N-dealkylation sites (tertiary alicyclic amines) is 2. The highest BCUT2D eigenvalue weighted by Crippen LogP contribution is 2.52. The van der Waals surface area contributed by atoms with Gasteiger partial charge in [0.15, 0.2) is 0 Å². The maximum absolute atomic E-state index is 14.6. The topological polar surface area (TPSA) is 151 Å². The fraction of sp³-hybridized carbons (Fsp3) is 0.509. The molecule has 2 saturated carbocycles. The van der Waals surface area contributed by atoms with Gasteiger partial charge in [0.2, 0.25) is 11.8 Å². The van der Waals surface area contributed by atoms with E-state index in [1.165, 1.54) is 23.2 Å². The number of benzene rings is 3. The number of hydrogen-bond donors (Lipinski definition) is 2. The maximum Gasteiger partial charge on any atom is 0.281 e. The van der Waals surface area contributed by atoms with E-state index in [9.17, 15) is 19.5 Å². The number of aryl methyl sites for hydroxylation is 1. The van der Waals surface area contributed by atoms with Crippen molar-refractivity contribution in [1.29, 1.82) is 0 Å². The summed E-state index contributed by atoms with van der Waals surface area (Å²) in [6, 6.07) is 19.5. The number of nitrogens with zero attached hydrogens (tertiary/aromatic N) is 8. The Labute approximate surface area is 422 Å². The monoisotopic (exact) mass is 1030 g/mol. The number of amides is 2. The molecule has 11 rings (SSSR count). The highest BCUT2D eigenvalue weighted by Gasteiger charge is 2.48. The first-order valence-corrected chi connectivity index (χ1v) is 27.1. The Morgan fingerprint density at radius 3 is 2.46 bits per heavy atom. The van der Waals surface area contributed by atoms with E-state index >= 15 is 0 Å². The molecule has 4 atom stereocenters. The van der Waals surface area contributed by atoms with Crippen molar-refractivity contribution >= 4 is 50.0 Å². The number of piperidine rings is 1. The third kappa shape index (κ3) is 8.45. The zero-order valence-electron chi connectivity index (χ0n) is 40.9. The number of nitrogens with one attached hydrogen (secondary N) is 1. The van der Waals surface area contributed by atoms with Gasteiger partial charge in [0.05, 0.1) is 55.9 Å². The van der Waals surface area contributed by atoms with Crippen LogP contribution in [0.2, 0.25) is 0 Å². The number of aliphatic hydroxyl groups excluding tert-OH is 1. The molecule has 6 heterocycles. The number of thiazole rings is 1. The first-order valence-electron chi connectivity index (χ1n) is 25.5. The van der Waals surface area contributed by atoms with E-state index in [1.54, 1.807) is 20.9 Å². The van der Waals surface area contributed by atoms with Gasteiger partial charge in [-0.3, -0.25) is 19.0 Å².